The maximum atomic E-state index is 6.88. The van der Waals surface area contributed by atoms with Crippen molar-refractivity contribution in [2.75, 3.05) is 4.90 Å². The Balaban J connectivity index is 1.13. The zero-order valence-corrected chi connectivity index (χ0v) is 30.7. The monoisotopic (exact) mass is 734 g/mol. The van der Waals surface area contributed by atoms with Gasteiger partial charge in [0.05, 0.1) is 5.69 Å². The average molecular weight is 735 g/mol. The molecule has 3 heterocycles. The molecule has 1 N–H and O–H groups in total. The van der Waals surface area contributed by atoms with E-state index in [9.17, 15) is 0 Å². The first-order valence-corrected chi connectivity index (χ1v) is 19.1. The van der Waals surface area contributed by atoms with Crippen molar-refractivity contribution < 1.29 is 8.83 Å². The summed E-state index contributed by atoms with van der Waals surface area (Å²) in [5, 5.41) is 7.72. The Bertz CT molecular complexity index is 3150. The zero-order valence-electron chi connectivity index (χ0n) is 30.7. The van der Waals surface area contributed by atoms with Crippen molar-refractivity contribution >= 4 is 72.6 Å². The predicted octanol–water partition coefficient (Wildman–Crippen LogP) is 13.1. The minimum absolute atomic E-state index is 0.450. The average Bonchev–Trinajstić information content (AvgIpc) is 3.87. The second kappa shape index (κ2) is 13.6. The second-order valence-corrected chi connectivity index (χ2v) is 14.2. The van der Waals surface area contributed by atoms with E-state index in [4.69, 9.17) is 18.8 Å². The van der Waals surface area contributed by atoms with Gasteiger partial charge in [-0.3, -0.25) is 0 Å². The van der Waals surface area contributed by atoms with Crippen LogP contribution in [0.25, 0.3) is 55.0 Å². The summed E-state index contributed by atoms with van der Waals surface area (Å²) in [5.41, 5.74) is 11.3. The van der Waals surface area contributed by atoms with Gasteiger partial charge in [-0.25, -0.2) is 9.98 Å². The molecule has 1 unspecified atom stereocenters. The van der Waals surface area contributed by atoms with E-state index < -0.39 is 6.17 Å². The Morgan fingerprint density at radius 2 is 1.04 bits per heavy atom. The van der Waals surface area contributed by atoms with Crippen molar-refractivity contribution in [2.45, 2.75) is 6.17 Å². The molecular weight excluding hydrogens is 701 g/mol. The lowest BCUT2D eigenvalue weighted by Crippen LogP contribution is -2.33. The van der Waals surface area contributed by atoms with Crippen LogP contribution in [0.3, 0.4) is 0 Å². The molecule has 0 saturated carbocycles. The van der Waals surface area contributed by atoms with Gasteiger partial charge < -0.3 is 19.1 Å². The molecule has 1 aliphatic heterocycles. The number of furan rings is 2. The molecular formula is C51H34N4O2. The van der Waals surface area contributed by atoms with E-state index in [1.165, 1.54) is 5.56 Å². The molecule has 1 atom stereocenters. The van der Waals surface area contributed by atoms with Gasteiger partial charge in [0.2, 0.25) is 0 Å². The van der Waals surface area contributed by atoms with Gasteiger partial charge in [0.15, 0.2) is 11.4 Å². The lowest BCUT2D eigenvalue weighted by molar-refractivity contribution is 0.662. The number of benzene rings is 8. The van der Waals surface area contributed by atoms with E-state index in [2.05, 4.69) is 132 Å². The van der Waals surface area contributed by atoms with Gasteiger partial charge >= 0.3 is 0 Å². The Morgan fingerprint density at radius 3 is 1.77 bits per heavy atom. The number of nitrogens with one attached hydrogen (secondary N) is 1. The van der Waals surface area contributed by atoms with E-state index in [-0.39, 0.29) is 0 Å². The van der Waals surface area contributed by atoms with Crippen molar-refractivity contribution in [1.82, 2.24) is 5.32 Å². The molecule has 2 aromatic heterocycles. The summed E-state index contributed by atoms with van der Waals surface area (Å²) >= 11 is 0. The molecule has 270 valence electrons. The number of amidine groups is 2. The molecule has 8 aromatic carbocycles. The van der Waals surface area contributed by atoms with Crippen LogP contribution in [0.4, 0.5) is 17.1 Å². The highest BCUT2D eigenvalue weighted by atomic mass is 16.3. The van der Waals surface area contributed by atoms with E-state index in [0.29, 0.717) is 5.84 Å². The van der Waals surface area contributed by atoms with Crippen LogP contribution in [-0.2, 0) is 0 Å². The largest absolute Gasteiger partial charge is 0.456 e. The topological polar surface area (TPSA) is 66.3 Å². The van der Waals surface area contributed by atoms with Crippen molar-refractivity contribution in [3.05, 3.63) is 211 Å². The number of anilines is 3. The van der Waals surface area contributed by atoms with Gasteiger partial charge in [-0.05, 0) is 65.7 Å². The summed E-state index contributed by atoms with van der Waals surface area (Å²) in [7, 11) is 0. The number of aliphatic imine (C=N–C) groups is 2. The lowest BCUT2D eigenvalue weighted by atomic mass is 10.0. The van der Waals surface area contributed by atoms with Gasteiger partial charge in [-0.1, -0.05) is 140 Å². The minimum atomic E-state index is -0.450. The Labute approximate surface area is 328 Å². The van der Waals surface area contributed by atoms with Crippen molar-refractivity contribution in [3.63, 3.8) is 0 Å². The fourth-order valence-electron chi connectivity index (χ4n) is 8.12. The van der Waals surface area contributed by atoms with Crippen molar-refractivity contribution in [2.24, 2.45) is 9.98 Å². The maximum absolute atomic E-state index is 6.88. The van der Waals surface area contributed by atoms with E-state index >= 15 is 0 Å². The smallest absolute Gasteiger partial charge is 0.160 e. The third-order valence-corrected chi connectivity index (χ3v) is 10.8. The molecule has 0 fully saturated rings. The number of rotatable bonds is 7. The summed E-state index contributed by atoms with van der Waals surface area (Å²) in [6, 6.07) is 66.7. The molecule has 57 heavy (non-hydrogen) atoms. The molecule has 6 nitrogen and oxygen atoms in total. The van der Waals surface area contributed by atoms with Crippen LogP contribution < -0.4 is 10.2 Å². The van der Waals surface area contributed by atoms with Crippen LogP contribution in [0.5, 0.6) is 0 Å². The number of hydrogen-bond acceptors (Lipinski definition) is 6. The Morgan fingerprint density at radius 1 is 0.456 bits per heavy atom. The molecule has 6 heteroatoms. The van der Waals surface area contributed by atoms with Crippen LogP contribution in [0.1, 0.15) is 22.9 Å². The molecule has 0 amide bonds. The van der Waals surface area contributed by atoms with Crippen LogP contribution in [0.2, 0.25) is 0 Å². The lowest BCUT2D eigenvalue weighted by Gasteiger charge is -2.27. The van der Waals surface area contributed by atoms with Crippen LogP contribution >= 0.6 is 0 Å². The molecule has 10 aromatic rings. The highest BCUT2D eigenvalue weighted by Crippen LogP contribution is 2.44. The van der Waals surface area contributed by atoms with Gasteiger partial charge in [0, 0.05) is 49.6 Å². The Kier molecular flexibility index (Phi) is 7.78. The summed E-state index contributed by atoms with van der Waals surface area (Å²) in [6.45, 7) is 0. The number of fused-ring (bicyclic) bond motifs is 6. The van der Waals surface area contributed by atoms with E-state index in [1.54, 1.807) is 0 Å². The fraction of sp³-hybridized carbons (Fsp3) is 0.0196. The molecule has 11 rings (SSSR count). The first kappa shape index (κ1) is 32.7. The Hall–Kier alpha value is -7.70. The first-order valence-electron chi connectivity index (χ1n) is 19.1. The normalized spacial score (nSPS) is 14.1. The van der Waals surface area contributed by atoms with Gasteiger partial charge in [-0.15, -0.1) is 0 Å². The standard InChI is InChI=1S/C51H34N4O2/c1-4-15-33(16-5-1)34-27-29-37(30-28-34)55(36-19-8-3-9-20-36)42-32-31-41(47-39-22-11-13-25-44(39)57-48(42)47)51-53-49(35-17-6-2-7-18-35)52-50(54-51)40-23-14-26-45-46(40)38-21-10-12-24-43(38)56-45/h1-32,50H,(H,52,53,54). The molecule has 0 radical (unpaired) electrons. The molecule has 0 saturated heterocycles. The van der Waals surface area contributed by atoms with Gasteiger partial charge in [-0.2, -0.15) is 0 Å². The highest BCUT2D eigenvalue weighted by molar-refractivity contribution is 6.24. The SMILES string of the molecule is c1ccc(C2=NC(c3ccc(N(c4ccccc4)c4ccc(-c5ccccc5)cc4)c4oc5ccccc5c34)=NC(c3cccc4oc5ccccc5c34)N2)cc1. The second-order valence-electron chi connectivity index (χ2n) is 14.2. The van der Waals surface area contributed by atoms with Crippen LogP contribution in [0.15, 0.2) is 213 Å². The molecule has 1 aliphatic rings. The molecule has 0 spiro atoms. The van der Waals surface area contributed by atoms with Crippen molar-refractivity contribution in [3.8, 4) is 11.1 Å². The van der Waals surface area contributed by atoms with Gasteiger partial charge in [0.1, 0.15) is 28.8 Å². The summed E-state index contributed by atoms with van der Waals surface area (Å²) in [6.07, 6.45) is -0.450. The third kappa shape index (κ3) is 5.66. The van der Waals surface area contributed by atoms with Crippen molar-refractivity contribution in [1.29, 1.82) is 0 Å². The predicted molar refractivity (Wildman–Crippen MR) is 233 cm³/mol. The van der Waals surface area contributed by atoms with E-state index in [1.807, 2.05) is 72.8 Å². The van der Waals surface area contributed by atoms with Crippen LogP contribution in [0, 0.1) is 0 Å². The number of hydrogen-bond donors (Lipinski definition) is 1. The zero-order chi connectivity index (χ0) is 37.7. The number of nitrogens with zero attached hydrogens (tertiary/aromatic N) is 3. The summed E-state index contributed by atoms with van der Waals surface area (Å²) in [4.78, 5) is 13.0. The maximum Gasteiger partial charge on any atom is 0.160 e. The summed E-state index contributed by atoms with van der Waals surface area (Å²) in [5.74, 6) is 1.36. The van der Waals surface area contributed by atoms with E-state index in [0.717, 1.165) is 89.0 Å². The highest BCUT2D eigenvalue weighted by Gasteiger charge is 2.28. The van der Waals surface area contributed by atoms with Gasteiger partial charge in [0.25, 0.3) is 0 Å². The minimum Gasteiger partial charge on any atom is -0.456 e. The fourth-order valence-corrected chi connectivity index (χ4v) is 8.12. The molecule has 0 bridgehead atoms. The first-order chi connectivity index (χ1) is 28.3. The molecule has 0 aliphatic carbocycles. The summed E-state index contributed by atoms with van der Waals surface area (Å²) < 4.78 is 13.2. The third-order valence-electron chi connectivity index (χ3n) is 10.8. The quantitative estimate of drug-likeness (QED) is 0.177. The van der Waals surface area contributed by atoms with Crippen LogP contribution in [-0.4, -0.2) is 11.7 Å². The number of para-hydroxylation sites is 3.